The fourth-order valence-electron chi connectivity index (χ4n) is 5.23. The molecule has 11 heteroatoms. The van der Waals surface area contributed by atoms with E-state index in [1.54, 1.807) is 12.3 Å². The number of alkyl halides is 1. The van der Waals surface area contributed by atoms with Crippen molar-refractivity contribution in [1.82, 2.24) is 25.6 Å². The number of pyridine rings is 1. The van der Waals surface area contributed by atoms with E-state index in [0.717, 1.165) is 5.82 Å². The zero-order chi connectivity index (χ0) is 25.8. The third kappa shape index (κ3) is 5.55. The summed E-state index contributed by atoms with van der Waals surface area (Å²) >= 11 is 6.47. The highest BCUT2D eigenvalue weighted by Crippen LogP contribution is 2.37. The number of nitrogens with zero attached hydrogens (tertiary/aromatic N) is 5. The Morgan fingerprint density at radius 3 is 2.76 bits per heavy atom. The lowest BCUT2D eigenvalue weighted by molar-refractivity contribution is -0.133. The molecule has 2 N–H and O–H groups in total. The molecule has 0 spiro atoms. The average molecular weight is 524 g/mol. The number of hydrazine groups is 1. The van der Waals surface area contributed by atoms with Gasteiger partial charge in [-0.05, 0) is 23.3 Å². The van der Waals surface area contributed by atoms with Crippen molar-refractivity contribution < 1.29 is 14.3 Å². The minimum Gasteiger partial charge on any atom is -0.379 e. The van der Waals surface area contributed by atoms with Gasteiger partial charge in [0.2, 0.25) is 5.91 Å². The Hall–Kier alpha value is -3.23. The summed E-state index contributed by atoms with van der Waals surface area (Å²) in [6.07, 6.45) is 1.88. The molecule has 3 atom stereocenters. The maximum atomic E-state index is 12.8. The van der Waals surface area contributed by atoms with Gasteiger partial charge in [0.15, 0.2) is 0 Å². The van der Waals surface area contributed by atoms with E-state index in [-0.39, 0.29) is 23.9 Å². The molecule has 2 unspecified atom stereocenters. The van der Waals surface area contributed by atoms with Crippen LogP contribution in [0.25, 0.3) is 0 Å². The SMILES string of the molecule is N#Cc1ccc(N2CCN(C(=O)CCOC[C@H]3c4ccccc4CN3C3CNNC(=O)C3Cl)CC2)nc1. The number of piperazine rings is 1. The number of hydrogen-bond acceptors (Lipinski definition) is 8. The number of carbonyl (C=O) groups is 2. The minimum atomic E-state index is -0.655. The topological polar surface area (TPSA) is 114 Å². The fourth-order valence-corrected chi connectivity index (χ4v) is 5.52. The smallest absolute Gasteiger partial charge is 0.253 e. The normalized spacial score (nSPS) is 23.9. The van der Waals surface area contributed by atoms with Crippen LogP contribution < -0.4 is 15.8 Å². The lowest BCUT2D eigenvalue weighted by Gasteiger charge is -2.38. The summed E-state index contributed by atoms with van der Waals surface area (Å²) in [4.78, 5) is 35.5. The molecule has 3 aliphatic rings. The predicted octanol–water partition coefficient (Wildman–Crippen LogP) is 1.18. The number of aromatic nitrogens is 1. The highest BCUT2D eigenvalue weighted by atomic mass is 35.5. The van der Waals surface area contributed by atoms with Crippen LogP contribution in [0, 0.1) is 11.3 Å². The summed E-state index contributed by atoms with van der Waals surface area (Å²) < 4.78 is 6.03. The second-order valence-corrected chi connectivity index (χ2v) is 9.91. The zero-order valence-corrected chi connectivity index (χ0v) is 21.2. The first-order valence-corrected chi connectivity index (χ1v) is 13.0. The van der Waals surface area contributed by atoms with Crippen molar-refractivity contribution in [1.29, 1.82) is 5.26 Å². The van der Waals surface area contributed by atoms with Crippen molar-refractivity contribution in [3.63, 3.8) is 0 Å². The second-order valence-electron chi connectivity index (χ2n) is 9.44. The molecule has 37 heavy (non-hydrogen) atoms. The first-order valence-electron chi connectivity index (χ1n) is 12.5. The number of nitriles is 1. The molecule has 1 aromatic carbocycles. The third-order valence-corrected chi connectivity index (χ3v) is 7.76. The van der Waals surface area contributed by atoms with Crippen LogP contribution in [0.5, 0.6) is 0 Å². The van der Waals surface area contributed by atoms with Gasteiger partial charge >= 0.3 is 0 Å². The molecule has 3 aliphatic heterocycles. The van der Waals surface area contributed by atoms with E-state index in [4.69, 9.17) is 21.6 Å². The molecular weight excluding hydrogens is 494 g/mol. The Labute approximate surface area is 221 Å². The molecular formula is C26H30ClN7O3. The zero-order valence-electron chi connectivity index (χ0n) is 20.5. The quantitative estimate of drug-likeness (QED) is 0.411. The molecule has 0 bridgehead atoms. The summed E-state index contributed by atoms with van der Waals surface area (Å²) in [6, 6.07) is 13.7. The van der Waals surface area contributed by atoms with Crippen molar-refractivity contribution in [2.24, 2.45) is 0 Å². The summed E-state index contributed by atoms with van der Waals surface area (Å²) in [7, 11) is 0. The number of carbonyl (C=O) groups excluding carboxylic acids is 2. The van der Waals surface area contributed by atoms with Gasteiger partial charge in [-0.3, -0.25) is 19.9 Å². The van der Waals surface area contributed by atoms with Crippen LogP contribution >= 0.6 is 11.6 Å². The molecule has 1 aromatic heterocycles. The minimum absolute atomic E-state index is 0.0336. The number of rotatable bonds is 7. The van der Waals surface area contributed by atoms with E-state index in [1.807, 2.05) is 23.1 Å². The Morgan fingerprint density at radius 2 is 2.00 bits per heavy atom. The van der Waals surface area contributed by atoms with E-state index < -0.39 is 5.38 Å². The number of nitrogens with one attached hydrogen (secondary N) is 2. The van der Waals surface area contributed by atoms with Gasteiger partial charge in [0.25, 0.3) is 5.91 Å². The molecule has 0 radical (unpaired) electrons. The van der Waals surface area contributed by atoms with Gasteiger partial charge < -0.3 is 14.5 Å². The van der Waals surface area contributed by atoms with Gasteiger partial charge in [-0.15, -0.1) is 11.6 Å². The number of fused-ring (bicyclic) bond motifs is 1. The Balaban J connectivity index is 1.11. The maximum Gasteiger partial charge on any atom is 0.253 e. The molecule has 0 saturated carbocycles. The van der Waals surface area contributed by atoms with Crippen LogP contribution in [-0.2, 0) is 20.9 Å². The van der Waals surface area contributed by atoms with Crippen LogP contribution in [0.1, 0.15) is 29.2 Å². The average Bonchev–Trinajstić information content (AvgIpc) is 3.31. The van der Waals surface area contributed by atoms with Crippen LogP contribution in [0.15, 0.2) is 42.6 Å². The molecule has 0 aliphatic carbocycles. The summed E-state index contributed by atoms with van der Waals surface area (Å²) in [6.45, 7) is 4.64. The van der Waals surface area contributed by atoms with Crippen molar-refractivity contribution in [2.75, 3.05) is 50.8 Å². The van der Waals surface area contributed by atoms with Crippen molar-refractivity contribution >= 4 is 29.2 Å². The number of hydrogen-bond donors (Lipinski definition) is 2. The van der Waals surface area contributed by atoms with E-state index in [9.17, 15) is 9.59 Å². The van der Waals surface area contributed by atoms with Crippen LogP contribution in [-0.4, -0.2) is 84.0 Å². The van der Waals surface area contributed by atoms with E-state index in [1.165, 1.54) is 11.1 Å². The molecule has 2 fully saturated rings. The highest BCUT2D eigenvalue weighted by Gasteiger charge is 2.41. The first kappa shape index (κ1) is 25.4. The Bertz CT molecular complexity index is 1160. The Morgan fingerprint density at radius 1 is 1.19 bits per heavy atom. The van der Waals surface area contributed by atoms with E-state index in [0.29, 0.717) is 64.5 Å². The fraction of sp³-hybridized carbons (Fsp3) is 0.462. The molecule has 10 nitrogen and oxygen atoms in total. The molecule has 2 aromatic rings. The second kappa shape index (κ2) is 11.4. The molecule has 4 heterocycles. The summed E-state index contributed by atoms with van der Waals surface area (Å²) in [5.41, 5.74) is 8.45. The largest absolute Gasteiger partial charge is 0.379 e. The Kier molecular flexibility index (Phi) is 7.86. The van der Waals surface area contributed by atoms with Crippen LogP contribution in [0.2, 0.25) is 0 Å². The molecule has 194 valence electrons. The molecule has 2 saturated heterocycles. The monoisotopic (exact) mass is 523 g/mol. The van der Waals surface area contributed by atoms with Crippen molar-refractivity contribution in [3.8, 4) is 6.07 Å². The third-order valence-electron chi connectivity index (χ3n) is 7.27. The van der Waals surface area contributed by atoms with Gasteiger partial charge in [0, 0.05) is 45.5 Å². The number of ether oxygens (including phenoxy) is 1. The van der Waals surface area contributed by atoms with E-state index >= 15 is 0 Å². The summed E-state index contributed by atoms with van der Waals surface area (Å²) in [5, 5.41) is 8.28. The number of amides is 2. The number of halogens is 1. The first-order chi connectivity index (χ1) is 18.0. The highest BCUT2D eigenvalue weighted by molar-refractivity contribution is 6.31. The van der Waals surface area contributed by atoms with Gasteiger partial charge in [-0.2, -0.15) is 5.26 Å². The molecule has 2 amide bonds. The summed E-state index contributed by atoms with van der Waals surface area (Å²) in [5.74, 6) is 0.667. The lowest BCUT2D eigenvalue weighted by atomic mass is 10.0. The van der Waals surface area contributed by atoms with Crippen LogP contribution in [0.3, 0.4) is 0 Å². The molecule has 5 rings (SSSR count). The lowest BCUT2D eigenvalue weighted by Crippen LogP contribution is -2.61. The van der Waals surface area contributed by atoms with Gasteiger partial charge in [0.1, 0.15) is 17.3 Å². The van der Waals surface area contributed by atoms with E-state index in [2.05, 4.69) is 43.8 Å². The van der Waals surface area contributed by atoms with Gasteiger partial charge in [-0.25, -0.2) is 10.4 Å². The number of anilines is 1. The number of benzene rings is 1. The predicted molar refractivity (Wildman–Crippen MR) is 137 cm³/mol. The van der Waals surface area contributed by atoms with Gasteiger partial charge in [-0.1, -0.05) is 24.3 Å². The van der Waals surface area contributed by atoms with Crippen molar-refractivity contribution in [3.05, 3.63) is 59.3 Å². The standard InChI is InChI=1S/C26H30ClN7O3/c27-25-21(15-30-31-26(25)36)34-16-19-3-1-2-4-20(19)22(34)17-37-12-7-24(35)33-10-8-32(9-11-33)23-6-5-18(13-28)14-29-23/h1-6,14,21-22,25,30H,7-12,15-17H2,(H,31,36)/t21?,22-,25?/m0/s1. The van der Waals surface area contributed by atoms with Crippen molar-refractivity contribution in [2.45, 2.75) is 30.4 Å². The maximum absolute atomic E-state index is 12.8. The van der Waals surface area contributed by atoms with Gasteiger partial charge in [0.05, 0.1) is 37.3 Å². The van der Waals surface area contributed by atoms with Crippen LogP contribution in [0.4, 0.5) is 5.82 Å².